The van der Waals surface area contributed by atoms with Crippen molar-refractivity contribution in [2.75, 3.05) is 25.0 Å². The second-order valence-corrected chi connectivity index (χ2v) is 10.2. The Morgan fingerprint density at radius 2 is 2.15 bits per heavy atom. The Morgan fingerprint density at radius 1 is 1.33 bits per heavy atom. The number of piperidine rings is 1. The van der Waals surface area contributed by atoms with Crippen molar-refractivity contribution in [3.63, 3.8) is 0 Å². The van der Waals surface area contributed by atoms with Crippen LogP contribution >= 0.6 is 0 Å². The zero-order valence-corrected chi connectivity index (χ0v) is 19.4. The van der Waals surface area contributed by atoms with Crippen LogP contribution in [0.1, 0.15) is 44.4 Å². The average molecular weight is 450 g/mol. The largest absolute Gasteiger partial charge is 0.393 e. The number of likely N-dealkylation sites (tertiary alicyclic amines) is 1. The maximum absolute atomic E-state index is 12.8. The number of anilines is 1. The summed E-state index contributed by atoms with van der Waals surface area (Å²) in [6.45, 7) is 5.02. The van der Waals surface area contributed by atoms with Crippen LogP contribution in [0.5, 0.6) is 0 Å². The molecule has 8 heteroatoms. The van der Waals surface area contributed by atoms with Crippen molar-refractivity contribution in [2.24, 2.45) is 5.41 Å². The smallest absolute Gasteiger partial charge is 0.246 e. The normalized spacial score (nSPS) is 20.2. The molecule has 5 rings (SSSR count). The van der Waals surface area contributed by atoms with E-state index in [0.717, 1.165) is 47.2 Å². The van der Waals surface area contributed by atoms with E-state index in [-0.39, 0.29) is 24.8 Å². The number of aromatic nitrogens is 3. The summed E-state index contributed by atoms with van der Waals surface area (Å²) in [5.74, 6) is -0.333. The third kappa shape index (κ3) is 4.15. The molecule has 1 aromatic carbocycles. The Kier molecular flexibility index (Phi) is 5.28. The van der Waals surface area contributed by atoms with Crippen molar-refractivity contribution in [3.05, 3.63) is 35.5 Å². The van der Waals surface area contributed by atoms with E-state index in [9.17, 15) is 14.7 Å². The lowest BCUT2D eigenvalue weighted by Crippen LogP contribution is -2.46. The molecule has 1 aliphatic heterocycles. The van der Waals surface area contributed by atoms with Gasteiger partial charge in [0.25, 0.3) is 0 Å². The maximum Gasteiger partial charge on any atom is 0.246 e. The van der Waals surface area contributed by atoms with Gasteiger partial charge in [-0.05, 0) is 49.3 Å². The second-order valence-electron chi connectivity index (χ2n) is 10.2. The van der Waals surface area contributed by atoms with Crippen molar-refractivity contribution in [3.8, 4) is 11.4 Å². The van der Waals surface area contributed by atoms with Crippen molar-refractivity contribution < 1.29 is 14.7 Å². The van der Waals surface area contributed by atoms with E-state index in [0.29, 0.717) is 18.4 Å². The van der Waals surface area contributed by atoms with Crippen LogP contribution in [-0.2, 0) is 22.4 Å². The SMILES string of the molecule is CN(C(=O)CN1CC[C@@H](O)CC1=O)c1ccc2cc(-c3n[nH]c4c3CCC(C)(C)C4)[nH]c2c1. The number of nitrogens with one attached hydrogen (secondary N) is 2. The number of amides is 2. The number of fused-ring (bicyclic) bond motifs is 2. The molecule has 2 aromatic heterocycles. The molecule has 0 radical (unpaired) electrons. The molecule has 3 heterocycles. The Morgan fingerprint density at radius 3 is 2.94 bits per heavy atom. The number of likely N-dealkylation sites (N-methyl/N-ethyl adjacent to an activating group) is 1. The first-order valence-electron chi connectivity index (χ1n) is 11.6. The number of hydrogen-bond acceptors (Lipinski definition) is 4. The lowest BCUT2D eigenvalue weighted by molar-refractivity contribution is -0.140. The molecular formula is C25H31N5O3. The maximum atomic E-state index is 12.8. The Hall–Kier alpha value is -3.13. The third-order valence-corrected chi connectivity index (χ3v) is 7.10. The minimum absolute atomic E-state index is 0.0197. The summed E-state index contributed by atoms with van der Waals surface area (Å²) in [6, 6.07) is 7.98. The number of H-pyrrole nitrogens is 2. The quantitative estimate of drug-likeness (QED) is 0.569. The van der Waals surface area contributed by atoms with Crippen LogP contribution in [0, 0.1) is 5.41 Å². The first kappa shape index (κ1) is 21.7. The average Bonchev–Trinajstić information content (AvgIpc) is 3.37. The number of carbonyl (C=O) groups excluding carboxylic acids is 2. The molecule has 33 heavy (non-hydrogen) atoms. The van der Waals surface area contributed by atoms with Crippen LogP contribution in [0.25, 0.3) is 22.3 Å². The number of aliphatic hydroxyl groups excluding tert-OH is 1. The number of benzene rings is 1. The fourth-order valence-electron chi connectivity index (χ4n) is 4.96. The molecule has 0 saturated carbocycles. The van der Waals surface area contributed by atoms with E-state index in [2.05, 4.69) is 35.1 Å². The summed E-state index contributed by atoms with van der Waals surface area (Å²) in [7, 11) is 1.72. The van der Waals surface area contributed by atoms with Crippen molar-refractivity contribution >= 4 is 28.4 Å². The monoisotopic (exact) mass is 449 g/mol. The van der Waals surface area contributed by atoms with Gasteiger partial charge in [-0.1, -0.05) is 19.9 Å². The zero-order chi connectivity index (χ0) is 23.3. The minimum atomic E-state index is -0.599. The van der Waals surface area contributed by atoms with E-state index < -0.39 is 6.10 Å². The number of hydrogen-bond donors (Lipinski definition) is 3. The first-order chi connectivity index (χ1) is 15.7. The highest BCUT2D eigenvalue weighted by atomic mass is 16.3. The molecule has 0 bridgehead atoms. The summed E-state index contributed by atoms with van der Waals surface area (Å²) in [5, 5.41) is 18.5. The lowest BCUT2D eigenvalue weighted by Gasteiger charge is -2.30. The fourth-order valence-corrected chi connectivity index (χ4v) is 4.96. The van der Waals surface area contributed by atoms with Gasteiger partial charge in [0.15, 0.2) is 0 Å². The summed E-state index contributed by atoms with van der Waals surface area (Å²) in [4.78, 5) is 31.5. The van der Waals surface area contributed by atoms with Gasteiger partial charge in [0, 0.05) is 41.4 Å². The topological polar surface area (TPSA) is 105 Å². The van der Waals surface area contributed by atoms with E-state index in [4.69, 9.17) is 0 Å². The second kappa shape index (κ2) is 8.02. The van der Waals surface area contributed by atoms with Crippen molar-refractivity contribution in [1.82, 2.24) is 20.1 Å². The van der Waals surface area contributed by atoms with Gasteiger partial charge >= 0.3 is 0 Å². The van der Waals surface area contributed by atoms with Crippen LogP contribution in [0.4, 0.5) is 5.69 Å². The Balaban J connectivity index is 1.35. The molecule has 2 amide bonds. The van der Waals surface area contributed by atoms with Crippen LogP contribution in [0.2, 0.25) is 0 Å². The summed E-state index contributed by atoms with van der Waals surface area (Å²) in [6.07, 6.45) is 3.15. The van der Waals surface area contributed by atoms with E-state index in [1.54, 1.807) is 11.9 Å². The van der Waals surface area contributed by atoms with Crippen LogP contribution in [0.15, 0.2) is 24.3 Å². The number of carbonyl (C=O) groups is 2. The van der Waals surface area contributed by atoms with E-state index in [1.165, 1.54) is 16.2 Å². The van der Waals surface area contributed by atoms with Crippen LogP contribution in [-0.4, -0.2) is 63.2 Å². The summed E-state index contributed by atoms with van der Waals surface area (Å²) in [5.41, 5.74) is 6.47. The highest BCUT2D eigenvalue weighted by Gasteiger charge is 2.30. The van der Waals surface area contributed by atoms with Gasteiger partial charge in [0.2, 0.25) is 11.8 Å². The zero-order valence-electron chi connectivity index (χ0n) is 19.4. The molecule has 3 aromatic rings. The molecule has 1 fully saturated rings. The first-order valence-corrected chi connectivity index (χ1v) is 11.6. The van der Waals surface area contributed by atoms with Gasteiger partial charge in [-0.3, -0.25) is 14.7 Å². The summed E-state index contributed by atoms with van der Waals surface area (Å²) < 4.78 is 0. The van der Waals surface area contributed by atoms with Crippen molar-refractivity contribution in [2.45, 2.75) is 52.1 Å². The fraction of sp³-hybridized carbons (Fsp3) is 0.480. The Labute approximate surface area is 193 Å². The molecule has 174 valence electrons. The highest BCUT2D eigenvalue weighted by Crippen LogP contribution is 2.38. The molecule has 1 atom stereocenters. The highest BCUT2D eigenvalue weighted by molar-refractivity contribution is 5.98. The molecule has 8 nitrogen and oxygen atoms in total. The molecule has 0 unspecified atom stereocenters. The molecular weight excluding hydrogens is 418 g/mol. The molecule has 0 spiro atoms. The minimum Gasteiger partial charge on any atom is -0.393 e. The van der Waals surface area contributed by atoms with Gasteiger partial charge in [0.1, 0.15) is 12.2 Å². The van der Waals surface area contributed by atoms with Gasteiger partial charge in [-0.2, -0.15) is 5.10 Å². The number of aromatic amines is 2. The van der Waals surface area contributed by atoms with Gasteiger partial charge in [-0.15, -0.1) is 0 Å². The van der Waals surface area contributed by atoms with E-state index >= 15 is 0 Å². The van der Waals surface area contributed by atoms with Gasteiger partial charge in [-0.25, -0.2) is 0 Å². The molecule has 2 aliphatic rings. The van der Waals surface area contributed by atoms with Gasteiger partial charge in [0.05, 0.1) is 18.2 Å². The van der Waals surface area contributed by atoms with Crippen LogP contribution < -0.4 is 4.90 Å². The lowest BCUT2D eigenvalue weighted by atomic mass is 9.76. The molecule has 1 aliphatic carbocycles. The predicted octanol–water partition coefficient (Wildman–Crippen LogP) is 3.02. The van der Waals surface area contributed by atoms with Gasteiger partial charge < -0.3 is 19.9 Å². The molecule has 3 N–H and O–H groups in total. The number of nitrogens with zero attached hydrogens (tertiary/aromatic N) is 3. The van der Waals surface area contributed by atoms with Crippen LogP contribution in [0.3, 0.4) is 0 Å². The van der Waals surface area contributed by atoms with E-state index in [1.807, 2.05) is 18.2 Å². The Bertz CT molecular complexity index is 1220. The number of rotatable bonds is 4. The third-order valence-electron chi connectivity index (χ3n) is 7.10. The predicted molar refractivity (Wildman–Crippen MR) is 127 cm³/mol. The molecule has 1 saturated heterocycles. The van der Waals surface area contributed by atoms with Crippen molar-refractivity contribution in [1.29, 1.82) is 0 Å². The summed E-state index contributed by atoms with van der Waals surface area (Å²) >= 11 is 0. The standard InChI is InChI=1S/C25H31N5O3/c1-25(2)8-6-18-21(13-25)27-28-24(18)20-10-15-4-5-16(11-19(15)26-20)29(3)23(33)14-30-9-7-17(31)12-22(30)32/h4-5,10-11,17,26,31H,6-9,12-14H2,1-3H3,(H,27,28)/t17-/m1/s1. The number of aliphatic hydroxyl groups is 1.